The molecule has 1 atom stereocenters. The summed E-state index contributed by atoms with van der Waals surface area (Å²) < 4.78 is 0. The Kier molecular flexibility index (Phi) is 4.34. The summed E-state index contributed by atoms with van der Waals surface area (Å²) >= 11 is 5.90. The van der Waals surface area contributed by atoms with Crippen LogP contribution < -0.4 is 5.73 Å². The van der Waals surface area contributed by atoms with Crippen molar-refractivity contribution in [2.24, 2.45) is 0 Å². The fraction of sp³-hybridized carbons (Fsp3) is 0.462. The number of non-ortho nitro benzene ring substituents is 1. The molecule has 1 amide bonds. The third-order valence-electron chi connectivity index (χ3n) is 3.65. The van der Waals surface area contributed by atoms with Crippen LogP contribution in [0.2, 0.25) is 5.02 Å². The lowest BCUT2D eigenvalue weighted by Crippen LogP contribution is -2.52. The van der Waals surface area contributed by atoms with Gasteiger partial charge in [-0.15, -0.1) is 0 Å². The van der Waals surface area contributed by atoms with Crippen molar-refractivity contribution < 1.29 is 9.72 Å². The van der Waals surface area contributed by atoms with Gasteiger partial charge in [-0.05, 0) is 14.0 Å². The maximum atomic E-state index is 12.6. The molecule has 1 fully saturated rings. The average molecular weight is 313 g/mol. The molecule has 0 radical (unpaired) electrons. The topological polar surface area (TPSA) is 92.7 Å². The number of anilines is 1. The van der Waals surface area contributed by atoms with Crippen LogP contribution in [0.3, 0.4) is 0 Å². The number of hydrogen-bond acceptors (Lipinski definition) is 5. The smallest absolute Gasteiger partial charge is 0.271 e. The van der Waals surface area contributed by atoms with Crippen molar-refractivity contribution in [1.29, 1.82) is 0 Å². The summed E-state index contributed by atoms with van der Waals surface area (Å²) in [5.74, 6) is -0.321. The van der Waals surface area contributed by atoms with Crippen LogP contribution in [0.15, 0.2) is 12.1 Å². The van der Waals surface area contributed by atoms with Crippen LogP contribution in [0.1, 0.15) is 17.3 Å². The summed E-state index contributed by atoms with van der Waals surface area (Å²) in [7, 11) is 1.98. The van der Waals surface area contributed by atoms with E-state index in [1.807, 2.05) is 14.0 Å². The van der Waals surface area contributed by atoms with Gasteiger partial charge in [-0.3, -0.25) is 14.9 Å². The van der Waals surface area contributed by atoms with Gasteiger partial charge in [-0.2, -0.15) is 0 Å². The first kappa shape index (κ1) is 15.5. The van der Waals surface area contributed by atoms with Crippen molar-refractivity contribution in [2.75, 3.05) is 32.4 Å². The van der Waals surface area contributed by atoms with Crippen LogP contribution in [0.5, 0.6) is 0 Å². The number of hydrogen-bond donors (Lipinski definition) is 1. The summed E-state index contributed by atoms with van der Waals surface area (Å²) in [5, 5.41) is 10.9. The molecule has 114 valence electrons. The molecule has 1 heterocycles. The molecule has 8 heteroatoms. The minimum atomic E-state index is -0.588. The number of nitrogens with two attached hydrogens (primary N) is 1. The first-order valence-corrected chi connectivity index (χ1v) is 6.92. The highest BCUT2D eigenvalue weighted by Crippen LogP contribution is 2.30. The zero-order chi connectivity index (χ0) is 15.7. The highest BCUT2D eigenvalue weighted by atomic mass is 35.5. The van der Waals surface area contributed by atoms with Crippen molar-refractivity contribution >= 4 is 28.9 Å². The molecule has 7 nitrogen and oxygen atoms in total. The van der Waals surface area contributed by atoms with Gasteiger partial charge in [0.25, 0.3) is 11.6 Å². The second kappa shape index (κ2) is 5.87. The van der Waals surface area contributed by atoms with Crippen LogP contribution in [-0.4, -0.2) is 53.4 Å². The van der Waals surface area contributed by atoms with E-state index in [1.54, 1.807) is 4.90 Å². The number of nitro groups is 1. The van der Waals surface area contributed by atoms with Gasteiger partial charge in [0, 0.05) is 37.8 Å². The lowest BCUT2D eigenvalue weighted by Gasteiger charge is -2.38. The second-order valence-corrected chi connectivity index (χ2v) is 5.66. The molecule has 2 rings (SSSR count). The SMILES string of the molecule is CC1CN(C)CCN1C(=O)c1cc([N+](=O)[O-])cc(Cl)c1N. The molecule has 0 aliphatic carbocycles. The number of rotatable bonds is 2. The van der Waals surface area contributed by atoms with Crippen LogP contribution in [0.25, 0.3) is 0 Å². The van der Waals surface area contributed by atoms with E-state index in [0.717, 1.165) is 19.2 Å². The van der Waals surface area contributed by atoms with E-state index in [1.165, 1.54) is 6.07 Å². The normalized spacial score (nSPS) is 19.6. The number of likely N-dealkylation sites (N-methyl/N-ethyl adjacent to an activating group) is 1. The summed E-state index contributed by atoms with van der Waals surface area (Å²) in [4.78, 5) is 26.7. The lowest BCUT2D eigenvalue weighted by atomic mass is 10.1. The largest absolute Gasteiger partial charge is 0.397 e. The van der Waals surface area contributed by atoms with Crippen molar-refractivity contribution in [3.05, 3.63) is 32.8 Å². The van der Waals surface area contributed by atoms with Crippen molar-refractivity contribution in [2.45, 2.75) is 13.0 Å². The molecule has 21 heavy (non-hydrogen) atoms. The molecule has 2 N–H and O–H groups in total. The molecular weight excluding hydrogens is 296 g/mol. The van der Waals surface area contributed by atoms with E-state index >= 15 is 0 Å². The zero-order valence-corrected chi connectivity index (χ0v) is 12.6. The number of carbonyl (C=O) groups is 1. The van der Waals surface area contributed by atoms with Crippen molar-refractivity contribution in [3.63, 3.8) is 0 Å². The molecule has 1 aliphatic rings. The van der Waals surface area contributed by atoms with E-state index in [-0.39, 0.29) is 33.9 Å². The third-order valence-corrected chi connectivity index (χ3v) is 3.96. The Balaban J connectivity index is 2.37. The predicted molar refractivity (Wildman–Crippen MR) is 80.5 cm³/mol. The van der Waals surface area contributed by atoms with Gasteiger partial charge in [-0.1, -0.05) is 11.6 Å². The molecule has 1 aromatic rings. The van der Waals surface area contributed by atoms with Gasteiger partial charge in [0.05, 0.1) is 21.2 Å². The number of nitro benzene ring substituents is 1. The molecule has 1 saturated heterocycles. The molecule has 0 bridgehead atoms. The number of halogens is 1. The van der Waals surface area contributed by atoms with Crippen LogP contribution in [0.4, 0.5) is 11.4 Å². The summed E-state index contributed by atoms with van der Waals surface area (Å²) in [5.41, 5.74) is 5.75. The van der Waals surface area contributed by atoms with E-state index in [9.17, 15) is 14.9 Å². The quantitative estimate of drug-likeness (QED) is 0.509. The Morgan fingerprint density at radius 2 is 2.14 bits per heavy atom. The number of benzene rings is 1. The number of piperazine rings is 1. The first-order valence-electron chi connectivity index (χ1n) is 6.54. The molecule has 1 unspecified atom stereocenters. The molecule has 1 aliphatic heterocycles. The minimum Gasteiger partial charge on any atom is -0.397 e. The Labute approximate surface area is 127 Å². The molecule has 0 aromatic heterocycles. The van der Waals surface area contributed by atoms with Gasteiger partial charge in [0.2, 0.25) is 0 Å². The fourth-order valence-electron chi connectivity index (χ4n) is 2.48. The third kappa shape index (κ3) is 3.08. The van der Waals surface area contributed by atoms with Crippen molar-refractivity contribution in [1.82, 2.24) is 9.80 Å². The van der Waals surface area contributed by atoms with E-state index < -0.39 is 4.92 Å². The van der Waals surface area contributed by atoms with E-state index in [0.29, 0.717) is 6.54 Å². The van der Waals surface area contributed by atoms with Crippen LogP contribution >= 0.6 is 11.6 Å². The standard InChI is InChI=1S/C13H17ClN4O3/c1-8-7-16(2)3-4-17(8)13(19)10-5-9(18(20)21)6-11(14)12(10)15/h5-6,8H,3-4,7,15H2,1-2H3. The minimum absolute atomic E-state index is 0.00804. The number of carbonyl (C=O) groups excluding carboxylic acids is 1. The van der Waals surface area contributed by atoms with Crippen LogP contribution in [-0.2, 0) is 0 Å². The maximum absolute atomic E-state index is 12.6. The Morgan fingerprint density at radius 3 is 2.71 bits per heavy atom. The first-order chi connectivity index (χ1) is 9.81. The number of amides is 1. The summed E-state index contributed by atoms with van der Waals surface area (Å²) in [6, 6.07) is 2.35. The maximum Gasteiger partial charge on any atom is 0.271 e. The summed E-state index contributed by atoms with van der Waals surface area (Å²) in [6.45, 7) is 3.98. The van der Waals surface area contributed by atoms with Crippen LogP contribution in [0, 0.1) is 10.1 Å². The lowest BCUT2D eigenvalue weighted by molar-refractivity contribution is -0.384. The van der Waals surface area contributed by atoms with Gasteiger partial charge in [0.15, 0.2) is 0 Å². The number of nitrogen functional groups attached to an aromatic ring is 1. The molecule has 0 saturated carbocycles. The molecular formula is C13H17ClN4O3. The molecule has 1 aromatic carbocycles. The average Bonchev–Trinajstić information content (AvgIpc) is 2.40. The van der Waals surface area contributed by atoms with Crippen molar-refractivity contribution in [3.8, 4) is 0 Å². The van der Waals surface area contributed by atoms with Gasteiger partial charge >= 0.3 is 0 Å². The Hall–Kier alpha value is -1.86. The Morgan fingerprint density at radius 1 is 1.48 bits per heavy atom. The van der Waals surface area contributed by atoms with Gasteiger partial charge in [0.1, 0.15) is 0 Å². The van der Waals surface area contributed by atoms with E-state index in [2.05, 4.69) is 4.90 Å². The predicted octanol–water partition coefficient (Wildman–Crippen LogP) is 1.61. The highest BCUT2D eigenvalue weighted by molar-refractivity contribution is 6.34. The number of nitrogens with zero attached hydrogens (tertiary/aromatic N) is 3. The molecule has 0 spiro atoms. The van der Waals surface area contributed by atoms with E-state index in [4.69, 9.17) is 17.3 Å². The second-order valence-electron chi connectivity index (χ2n) is 5.26. The van der Waals surface area contributed by atoms with Gasteiger partial charge < -0.3 is 15.5 Å². The monoisotopic (exact) mass is 312 g/mol. The fourth-order valence-corrected chi connectivity index (χ4v) is 2.70. The van der Waals surface area contributed by atoms with Gasteiger partial charge in [-0.25, -0.2) is 0 Å². The summed E-state index contributed by atoms with van der Waals surface area (Å²) in [6.07, 6.45) is 0. The Bertz CT molecular complexity index is 593. The zero-order valence-electron chi connectivity index (χ0n) is 11.9. The highest BCUT2D eigenvalue weighted by Gasteiger charge is 2.29.